The van der Waals surface area contributed by atoms with Crippen molar-refractivity contribution in [2.45, 2.75) is 44.2 Å². The highest BCUT2D eigenvalue weighted by atomic mass is 16.5. The molecule has 0 amide bonds. The lowest BCUT2D eigenvalue weighted by Crippen LogP contribution is -2.44. The van der Waals surface area contributed by atoms with E-state index in [2.05, 4.69) is 29.7 Å². The van der Waals surface area contributed by atoms with Gasteiger partial charge in [0.05, 0.1) is 12.7 Å². The summed E-state index contributed by atoms with van der Waals surface area (Å²) in [6, 6.07) is 9.04. The monoisotopic (exact) mass is 246 g/mol. The fourth-order valence-corrected chi connectivity index (χ4v) is 3.14. The summed E-state index contributed by atoms with van der Waals surface area (Å²) in [5, 5.41) is 0. The van der Waals surface area contributed by atoms with Gasteiger partial charge in [-0.2, -0.15) is 0 Å². The van der Waals surface area contributed by atoms with Crippen LogP contribution in [0.25, 0.3) is 0 Å². The number of nitrogens with one attached hydrogen (secondary N) is 1. The van der Waals surface area contributed by atoms with Crippen LogP contribution in [0.4, 0.5) is 0 Å². The minimum atomic E-state index is 0.219. The summed E-state index contributed by atoms with van der Waals surface area (Å²) in [4.78, 5) is 0. The van der Waals surface area contributed by atoms with Crippen molar-refractivity contribution in [1.82, 2.24) is 5.43 Å². The highest BCUT2D eigenvalue weighted by molar-refractivity contribution is 5.31. The molecule has 0 spiro atoms. The molecule has 2 atom stereocenters. The second-order valence-electron chi connectivity index (χ2n) is 5.51. The zero-order chi connectivity index (χ0) is 12.4. The summed E-state index contributed by atoms with van der Waals surface area (Å²) < 4.78 is 5.96. The number of ether oxygens (including phenoxy) is 1. The fourth-order valence-electron chi connectivity index (χ4n) is 3.14. The molecule has 1 aromatic carbocycles. The lowest BCUT2D eigenvalue weighted by atomic mass is 9.77. The Morgan fingerprint density at radius 2 is 2.17 bits per heavy atom. The number of rotatable bonds is 4. The molecule has 1 fully saturated rings. The molecule has 1 heterocycles. The van der Waals surface area contributed by atoms with Crippen molar-refractivity contribution >= 4 is 0 Å². The van der Waals surface area contributed by atoms with Gasteiger partial charge in [-0.25, -0.2) is 0 Å². The van der Waals surface area contributed by atoms with E-state index < -0.39 is 0 Å². The molecule has 1 saturated carbocycles. The quantitative estimate of drug-likeness (QED) is 0.633. The third-order valence-electron chi connectivity index (χ3n) is 4.49. The van der Waals surface area contributed by atoms with E-state index in [4.69, 9.17) is 10.6 Å². The zero-order valence-corrected chi connectivity index (χ0v) is 10.8. The summed E-state index contributed by atoms with van der Waals surface area (Å²) in [5.74, 6) is 6.46. The summed E-state index contributed by atoms with van der Waals surface area (Å²) >= 11 is 0. The molecule has 0 saturated heterocycles. The Balaban J connectivity index is 1.72. The summed E-state index contributed by atoms with van der Waals surface area (Å²) in [6.07, 6.45) is 6.23. The zero-order valence-electron chi connectivity index (χ0n) is 10.8. The van der Waals surface area contributed by atoms with Gasteiger partial charge in [0.25, 0.3) is 0 Å². The third kappa shape index (κ3) is 2.30. The number of hydrogen-bond acceptors (Lipinski definition) is 3. The SMILES string of the molecule is NNC(CC1OCCc2ccccc21)C1CCC1. The van der Waals surface area contributed by atoms with Gasteiger partial charge in [0, 0.05) is 6.04 Å². The Labute approximate surface area is 109 Å². The van der Waals surface area contributed by atoms with Crippen LogP contribution in [-0.4, -0.2) is 12.6 Å². The Hall–Kier alpha value is -0.900. The fraction of sp³-hybridized carbons (Fsp3) is 0.600. The Bertz CT molecular complexity index is 403. The summed E-state index contributed by atoms with van der Waals surface area (Å²) in [6.45, 7) is 0.837. The van der Waals surface area contributed by atoms with E-state index in [0.29, 0.717) is 6.04 Å². The molecule has 0 bridgehead atoms. The van der Waals surface area contributed by atoms with Crippen molar-refractivity contribution in [1.29, 1.82) is 0 Å². The van der Waals surface area contributed by atoms with Crippen molar-refractivity contribution in [3.8, 4) is 0 Å². The van der Waals surface area contributed by atoms with Crippen LogP contribution in [0.15, 0.2) is 24.3 Å². The standard InChI is InChI=1S/C15H22N2O/c16-17-14(12-5-3-6-12)10-15-13-7-2-1-4-11(13)8-9-18-15/h1-2,4,7,12,14-15,17H,3,5-6,8-10,16H2. The van der Waals surface area contributed by atoms with Gasteiger partial charge in [-0.15, -0.1) is 0 Å². The van der Waals surface area contributed by atoms with Gasteiger partial charge in [0.1, 0.15) is 0 Å². The first kappa shape index (κ1) is 12.2. The van der Waals surface area contributed by atoms with Gasteiger partial charge < -0.3 is 4.74 Å². The number of hydrogen-bond donors (Lipinski definition) is 2. The van der Waals surface area contributed by atoms with Crippen LogP contribution < -0.4 is 11.3 Å². The number of fused-ring (bicyclic) bond motifs is 1. The highest BCUT2D eigenvalue weighted by Gasteiger charge is 2.31. The summed E-state index contributed by atoms with van der Waals surface area (Å²) in [5.41, 5.74) is 5.81. The molecule has 3 rings (SSSR count). The minimum Gasteiger partial charge on any atom is -0.373 e. The third-order valence-corrected chi connectivity index (χ3v) is 4.49. The molecule has 2 aliphatic rings. The van der Waals surface area contributed by atoms with Crippen LogP contribution in [0.5, 0.6) is 0 Å². The van der Waals surface area contributed by atoms with Gasteiger partial charge >= 0.3 is 0 Å². The Morgan fingerprint density at radius 3 is 2.89 bits per heavy atom. The van der Waals surface area contributed by atoms with Crippen LogP contribution >= 0.6 is 0 Å². The molecule has 1 aromatic rings. The van der Waals surface area contributed by atoms with Gasteiger partial charge in [0.15, 0.2) is 0 Å². The largest absolute Gasteiger partial charge is 0.373 e. The van der Waals surface area contributed by atoms with Crippen LogP contribution in [0.1, 0.15) is 42.9 Å². The first-order valence-corrected chi connectivity index (χ1v) is 7.04. The van der Waals surface area contributed by atoms with E-state index >= 15 is 0 Å². The molecule has 0 radical (unpaired) electrons. The van der Waals surface area contributed by atoms with Gasteiger partial charge in [-0.05, 0) is 42.7 Å². The van der Waals surface area contributed by atoms with Gasteiger partial charge in [0.2, 0.25) is 0 Å². The van der Waals surface area contributed by atoms with Crippen LogP contribution in [-0.2, 0) is 11.2 Å². The van der Waals surface area contributed by atoms with Crippen LogP contribution in [0, 0.1) is 5.92 Å². The molecular weight excluding hydrogens is 224 g/mol. The van der Waals surface area contributed by atoms with E-state index in [-0.39, 0.29) is 6.10 Å². The lowest BCUT2D eigenvalue weighted by Gasteiger charge is -2.36. The topological polar surface area (TPSA) is 47.3 Å². The summed E-state index contributed by atoms with van der Waals surface area (Å²) in [7, 11) is 0. The lowest BCUT2D eigenvalue weighted by molar-refractivity contribution is 0.0196. The molecule has 1 aliphatic heterocycles. The molecule has 3 N–H and O–H groups in total. The Morgan fingerprint density at radius 1 is 1.33 bits per heavy atom. The van der Waals surface area contributed by atoms with Crippen LogP contribution in [0.2, 0.25) is 0 Å². The molecular formula is C15H22N2O. The molecule has 98 valence electrons. The number of hydrazine groups is 1. The average molecular weight is 246 g/mol. The van der Waals surface area contributed by atoms with Crippen molar-refractivity contribution in [2.24, 2.45) is 11.8 Å². The molecule has 0 aromatic heterocycles. The second-order valence-corrected chi connectivity index (χ2v) is 5.51. The number of nitrogens with two attached hydrogens (primary N) is 1. The molecule has 18 heavy (non-hydrogen) atoms. The van der Waals surface area contributed by atoms with Crippen molar-refractivity contribution in [3.63, 3.8) is 0 Å². The van der Waals surface area contributed by atoms with Gasteiger partial charge in [-0.1, -0.05) is 30.7 Å². The van der Waals surface area contributed by atoms with Crippen molar-refractivity contribution in [2.75, 3.05) is 6.61 Å². The molecule has 3 heteroatoms. The normalized spacial score (nSPS) is 25.3. The molecule has 3 nitrogen and oxygen atoms in total. The second kappa shape index (κ2) is 5.39. The predicted molar refractivity (Wildman–Crippen MR) is 71.9 cm³/mol. The van der Waals surface area contributed by atoms with E-state index in [1.807, 2.05) is 0 Å². The minimum absolute atomic E-state index is 0.219. The maximum absolute atomic E-state index is 5.96. The molecule has 1 aliphatic carbocycles. The maximum Gasteiger partial charge on any atom is 0.0843 e. The van der Waals surface area contributed by atoms with E-state index in [1.54, 1.807) is 0 Å². The van der Waals surface area contributed by atoms with Crippen molar-refractivity contribution in [3.05, 3.63) is 35.4 Å². The first-order valence-electron chi connectivity index (χ1n) is 7.04. The molecule has 2 unspecified atom stereocenters. The smallest absolute Gasteiger partial charge is 0.0843 e. The maximum atomic E-state index is 5.96. The van der Waals surface area contributed by atoms with E-state index in [0.717, 1.165) is 25.4 Å². The highest BCUT2D eigenvalue weighted by Crippen LogP contribution is 2.36. The van der Waals surface area contributed by atoms with Gasteiger partial charge in [-0.3, -0.25) is 11.3 Å². The predicted octanol–water partition coefficient (Wildman–Crippen LogP) is 2.32. The van der Waals surface area contributed by atoms with E-state index in [1.165, 1.54) is 30.4 Å². The average Bonchev–Trinajstić information content (AvgIpc) is 2.36. The van der Waals surface area contributed by atoms with E-state index in [9.17, 15) is 0 Å². The Kier molecular flexibility index (Phi) is 3.64. The first-order chi connectivity index (χ1) is 8.88. The van der Waals surface area contributed by atoms with Crippen molar-refractivity contribution < 1.29 is 4.74 Å². The number of benzene rings is 1. The van der Waals surface area contributed by atoms with Crippen LogP contribution in [0.3, 0.4) is 0 Å².